The predicted octanol–water partition coefficient (Wildman–Crippen LogP) is 2.51. The van der Waals surface area contributed by atoms with Crippen LogP contribution in [0.25, 0.3) is 0 Å². The molecule has 0 bridgehead atoms. The molecule has 0 N–H and O–H groups in total. The Morgan fingerprint density at radius 3 is 2.17 bits per heavy atom. The Hall–Kier alpha value is -0.660. The van der Waals surface area contributed by atoms with Gasteiger partial charge in [0, 0.05) is 12.8 Å². The van der Waals surface area contributed by atoms with Gasteiger partial charge < -0.3 is 0 Å². The smallest absolute Gasteiger partial charge is 0.140 e. The molecule has 0 aromatic heterocycles. The number of unbranched alkanes of at least 4 members (excludes halogenated alkanes) is 2. The number of hydrogen-bond donors (Lipinski definition) is 0. The number of carbonyl (C=O) groups is 2. The maximum atomic E-state index is 11.1. The maximum Gasteiger partial charge on any atom is 0.140 e. The fourth-order valence-corrected chi connectivity index (χ4v) is 1.01. The van der Waals surface area contributed by atoms with E-state index >= 15 is 0 Å². The van der Waals surface area contributed by atoms with Crippen LogP contribution in [0.15, 0.2) is 0 Å². The molecule has 2 nitrogen and oxygen atoms in total. The highest BCUT2D eigenvalue weighted by Crippen LogP contribution is 2.02. The van der Waals surface area contributed by atoms with E-state index in [4.69, 9.17) is 0 Å². The first-order valence-corrected chi connectivity index (χ1v) is 4.74. The van der Waals surface area contributed by atoms with Crippen molar-refractivity contribution in [1.29, 1.82) is 0 Å². The van der Waals surface area contributed by atoms with Crippen molar-refractivity contribution >= 4 is 11.6 Å². The van der Waals surface area contributed by atoms with Gasteiger partial charge in [-0.05, 0) is 6.42 Å². The molecule has 0 amide bonds. The molecule has 0 aliphatic heterocycles. The van der Waals surface area contributed by atoms with Crippen LogP contribution in [0.5, 0.6) is 0 Å². The third-order valence-corrected chi connectivity index (χ3v) is 1.85. The minimum atomic E-state index is 0.0662. The van der Waals surface area contributed by atoms with E-state index in [1.807, 2.05) is 0 Å². The summed E-state index contributed by atoms with van der Waals surface area (Å²) in [4.78, 5) is 21.9. The Kier molecular flexibility index (Phi) is 6.63. The summed E-state index contributed by atoms with van der Waals surface area (Å²) in [7, 11) is 0. The molecule has 0 aromatic rings. The largest absolute Gasteiger partial charge is 0.299 e. The van der Waals surface area contributed by atoms with Gasteiger partial charge in [0.1, 0.15) is 11.6 Å². The summed E-state index contributed by atoms with van der Waals surface area (Å²) in [5.74, 6) is 0.173. The molecule has 0 fully saturated rings. The van der Waals surface area contributed by atoms with E-state index < -0.39 is 0 Å². The zero-order chi connectivity index (χ0) is 9.40. The highest BCUT2D eigenvalue weighted by atomic mass is 16.1. The van der Waals surface area contributed by atoms with Crippen LogP contribution in [0.3, 0.4) is 0 Å². The summed E-state index contributed by atoms with van der Waals surface area (Å²) in [6.07, 6.45) is 4.37. The number of carbonyl (C=O) groups excluding carboxylic acids is 2. The van der Waals surface area contributed by atoms with E-state index in [0.29, 0.717) is 12.8 Å². The van der Waals surface area contributed by atoms with Crippen LogP contribution in [-0.4, -0.2) is 11.6 Å². The molecule has 2 heteroatoms. The zero-order valence-electron chi connectivity index (χ0n) is 8.06. The van der Waals surface area contributed by atoms with Gasteiger partial charge in [0.05, 0.1) is 6.42 Å². The second-order valence-corrected chi connectivity index (χ2v) is 3.06. The summed E-state index contributed by atoms with van der Waals surface area (Å²) in [5.41, 5.74) is 0. The van der Waals surface area contributed by atoms with Crippen LogP contribution in [-0.2, 0) is 9.59 Å². The molecule has 0 atom stereocenters. The molecule has 0 heterocycles. The van der Waals surface area contributed by atoms with Crippen LogP contribution >= 0.6 is 0 Å². The first kappa shape index (κ1) is 11.3. The number of rotatable bonds is 7. The standard InChI is InChI=1S/C10H18O2/c1-3-5-6-7-10(12)8-9(11)4-2/h3-8H2,1-2H3. The predicted molar refractivity (Wildman–Crippen MR) is 49.1 cm³/mol. The van der Waals surface area contributed by atoms with Gasteiger partial charge in [-0.2, -0.15) is 0 Å². The van der Waals surface area contributed by atoms with Gasteiger partial charge in [-0.1, -0.05) is 26.7 Å². The lowest BCUT2D eigenvalue weighted by molar-refractivity contribution is -0.126. The highest BCUT2D eigenvalue weighted by Gasteiger charge is 2.06. The van der Waals surface area contributed by atoms with Crippen LogP contribution < -0.4 is 0 Å². The Bertz CT molecular complexity index is 150. The highest BCUT2D eigenvalue weighted by molar-refractivity contribution is 5.98. The molecule has 12 heavy (non-hydrogen) atoms. The molecule has 0 radical (unpaired) electrons. The van der Waals surface area contributed by atoms with Crippen molar-refractivity contribution in [3.8, 4) is 0 Å². The van der Waals surface area contributed by atoms with Crippen molar-refractivity contribution < 1.29 is 9.59 Å². The summed E-state index contributed by atoms with van der Waals surface area (Å²) < 4.78 is 0. The van der Waals surface area contributed by atoms with Gasteiger partial charge in [0.2, 0.25) is 0 Å². The molecular formula is C10H18O2. The minimum absolute atomic E-state index is 0.0662. The van der Waals surface area contributed by atoms with Crippen molar-refractivity contribution in [2.24, 2.45) is 0 Å². The molecule has 0 rings (SSSR count). The van der Waals surface area contributed by atoms with Crippen molar-refractivity contribution in [3.05, 3.63) is 0 Å². The summed E-state index contributed by atoms with van der Waals surface area (Å²) >= 11 is 0. The zero-order valence-corrected chi connectivity index (χ0v) is 8.06. The molecule has 0 unspecified atom stereocenters. The van der Waals surface area contributed by atoms with Gasteiger partial charge in [0.25, 0.3) is 0 Å². The quantitative estimate of drug-likeness (QED) is 0.434. The SMILES string of the molecule is CCCCCC(=O)CC(=O)CC. The van der Waals surface area contributed by atoms with Crippen molar-refractivity contribution in [3.63, 3.8) is 0 Å². The van der Waals surface area contributed by atoms with Gasteiger partial charge in [0.15, 0.2) is 0 Å². The van der Waals surface area contributed by atoms with Gasteiger partial charge in [-0.15, -0.1) is 0 Å². The fourth-order valence-electron chi connectivity index (χ4n) is 1.01. The molecule has 0 aromatic carbocycles. The lowest BCUT2D eigenvalue weighted by Crippen LogP contribution is -2.05. The fraction of sp³-hybridized carbons (Fsp3) is 0.800. The van der Waals surface area contributed by atoms with E-state index in [1.54, 1.807) is 6.92 Å². The number of Topliss-reactive ketones (excluding diaryl/α,β-unsaturated/α-hetero) is 2. The second-order valence-electron chi connectivity index (χ2n) is 3.06. The average Bonchev–Trinajstić information content (AvgIpc) is 2.05. The van der Waals surface area contributed by atoms with E-state index in [2.05, 4.69) is 6.92 Å². The molecule has 0 saturated heterocycles. The summed E-state index contributed by atoms with van der Waals surface area (Å²) in [6.45, 7) is 3.89. The van der Waals surface area contributed by atoms with Crippen molar-refractivity contribution in [2.45, 2.75) is 52.4 Å². The molecule has 0 aliphatic rings. The Balaban J connectivity index is 3.40. The first-order chi connectivity index (χ1) is 5.70. The molecule has 70 valence electrons. The Morgan fingerprint density at radius 2 is 1.67 bits per heavy atom. The molecule has 0 aliphatic carbocycles. The minimum Gasteiger partial charge on any atom is -0.299 e. The number of ketones is 2. The average molecular weight is 170 g/mol. The van der Waals surface area contributed by atoms with Crippen molar-refractivity contribution in [2.75, 3.05) is 0 Å². The van der Waals surface area contributed by atoms with Crippen LogP contribution in [0.4, 0.5) is 0 Å². The molecular weight excluding hydrogens is 152 g/mol. The Morgan fingerprint density at radius 1 is 1.00 bits per heavy atom. The van der Waals surface area contributed by atoms with Crippen LogP contribution in [0.2, 0.25) is 0 Å². The monoisotopic (exact) mass is 170 g/mol. The van der Waals surface area contributed by atoms with E-state index in [0.717, 1.165) is 19.3 Å². The normalized spacial score (nSPS) is 9.83. The lowest BCUT2D eigenvalue weighted by Gasteiger charge is -1.97. The Labute approximate surface area is 74.3 Å². The number of hydrogen-bond acceptors (Lipinski definition) is 2. The third-order valence-electron chi connectivity index (χ3n) is 1.85. The van der Waals surface area contributed by atoms with Gasteiger partial charge in [-0.25, -0.2) is 0 Å². The lowest BCUT2D eigenvalue weighted by atomic mass is 10.1. The van der Waals surface area contributed by atoms with Crippen LogP contribution in [0.1, 0.15) is 52.4 Å². The summed E-state index contributed by atoms with van der Waals surface area (Å²) in [6, 6.07) is 0. The van der Waals surface area contributed by atoms with Crippen LogP contribution in [0, 0.1) is 0 Å². The second kappa shape index (κ2) is 7.01. The van der Waals surface area contributed by atoms with Gasteiger partial charge in [-0.3, -0.25) is 9.59 Å². The molecule has 0 saturated carbocycles. The first-order valence-electron chi connectivity index (χ1n) is 4.74. The summed E-state index contributed by atoms with van der Waals surface area (Å²) in [5, 5.41) is 0. The van der Waals surface area contributed by atoms with Crippen molar-refractivity contribution in [1.82, 2.24) is 0 Å². The van der Waals surface area contributed by atoms with Gasteiger partial charge >= 0.3 is 0 Å². The maximum absolute atomic E-state index is 11.1. The van der Waals surface area contributed by atoms with E-state index in [-0.39, 0.29) is 18.0 Å². The van der Waals surface area contributed by atoms with E-state index in [1.165, 1.54) is 0 Å². The third kappa shape index (κ3) is 6.08. The molecule has 0 spiro atoms. The topological polar surface area (TPSA) is 34.1 Å². The van der Waals surface area contributed by atoms with E-state index in [9.17, 15) is 9.59 Å².